The van der Waals surface area contributed by atoms with Crippen LogP contribution in [0.5, 0.6) is 0 Å². The highest BCUT2D eigenvalue weighted by Crippen LogP contribution is 2.42. The fourth-order valence-corrected chi connectivity index (χ4v) is 5.22. The van der Waals surface area contributed by atoms with Gasteiger partial charge in [0.05, 0.1) is 23.5 Å². The molecule has 1 fully saturated rings. The largest absolute Gasteiger partial charge is 0.478 e. The molecule has 31 heavy (non-hydrogen) atoms. The van der Waals surface area contributed by atoms with Crippen LogP contribution in [-0.2, 0) is 0 Å². The van der Waals surface area contributed by atoms with E-state index in [2.05, 4.69) is 54.9 Å². The zero-order valence-electron chi connectivity index (χ0n) is 17.0. The van der Waals surface area contributed by atoms with Crippen molar-refractivity contribution < 1.29 is 9.90 Å². The van der Waals surface area contributed by atoms with Crippen molar-refractivity contribution in [2.75, 3.05) is 10.2 Å². The lowest BCUT2D eigenvalue weighted by Gasteiger charge is -2.40. The lowest BCUT2D eigenvalue weighted by Crippen LogP contribution is -2.42. The topological polar surface area (TPSA) is 109 Å². The van der Waals surface area contributed by atoms with Crippen LogP contribution in [0.3, 0.4) is 0 Å². The molecule has 10 heteroatoms. The number of hydrogen-bond donors (Lipinski definition) is 2. The van der Waals surface area contributed by atoms with Gasteiger partial charge in [0.15, 0.2) is 11.6 Å². The van der Waals surface area contributed by atoms with Crippen molar-refractivity contribution in [2.45, 2.75) is 51.1 Å². The highest BCUT2D eigenvalue weighted by molar-refractivity contribution is 14.1. The van der Waals surface area contributed by atoms with Crippen LogP contribution in [0.25, 0.3) is 5.69 Å². The molecule has 160 valence electrons. The van der Waals surface area contributed by atoms with Crippen molar-refractivity contribution >= 4 is 46.0 Å². The molecule has 1 aliphatic carbocycles. The molecule has 0 amide bonds. The summed E-state index contributed by atoms with van der Waals surface area (Å²) in [5.41, 5.74) is 1.91. The molecular formula is C21H22IN7O2. The molecule has 1 saturated carbocycles. The van der Waals surface area contributed by atoms with Gasteiger partial charge in [0.25, 0.3) is 0 Å². The Morgan fingerprint density at radius 2 is 2.13 bits per heavy atom. The molecule has 1 aliphatic heterocycles. The Bertz CT molecular complexity index is 1140. The molecule has 0 bridgehead atoms. The van der Waals surface area contributed by atoms with E-state index >= 15 is 0 Å². The van der Waals surface area contributed by atoms with Crippen LogP contribution < -0.4 is 10.2 Å². The first-order valence-corrected chi connectivity index (χ1v) is 11.5. The van der Waals surface area contributed by atoms with Crippen molar-refractivity contribution in [3.05, 3.63) is 45.7 Å². The number of anilines is 3. The number of rotatable bonds is 5. The van der Waals surface area contributed by atoms with Crippen molar-refractivity contribution in [2.24, 2.45) is 0 Å². The number of nitrogens with zero attached hydrogens (tertiary/aromatic N) is 6. The third-order valence-electron chi connectivity index (χ3n) is 6.03. The highest BCUT2D eigenvalue weighted by Gasteiger charge is 2.38. The first-order valence-electron chi connectivity index (χ1n) is 10.4. The van der Waals surface area contributed by atoms with Gasteiger partial charge in [-0.2, -0.15) is 4.98 Å². The minimum Gasteiger partial charge on any atom is -0.478 e. The summed E-state index contributed by atoms with van der Waals surface area (Å²) in [6, 6.07) is 5.50. The van der Waals surface area contributed by atoms with Gasteiger partial charge in [0, 0.05) is 9.61 Å². The summed E-state index contributed by atoms with van der Waals surface area (Å²) >= 11 is 2.12. The molecule has 9 nitrogen and oxygen atoms in total. The van der Waals surface area contributed by atoms with Crippen LogP contribution >= 0.6 is 22.6 Å². The molecule has 0 unspecified atom stereocenters. The molecule has 2 N–H and O–H groups in total. The molecule has 2 aliphatic rings. The lowest BCUT2D eigenvalue weighted by molar-refractivity contribution is 0.0697. The molecule has 3 heterocycles. The monoisotopic (exact) mass is 531 g/mol. The third kappa shape index (κ3) is 3.52. The molecular weight excluding hydrogens is 509 g/mol. The first kappa shape index (κ1) is 20.2. The summed E-state index contributed by atoms with van der Waals surface area (Å²) in [4.78, 5) is 23.1. The van der Waals surface area contributed by atoms with Gasteiger partial charge < -0.3 is 15.3 Å². The molecule has 5 rings (SSSR count). The summed E-state index contributed by atoms with van der Waals surface area (Å²) in [6.07, 6.45) is 9.19. The molecule has 0 spiro atoms. The van der Waals surface area contributed by atoms with E-state index < -0.39 is 5.97 Å². The maximum Gasteiger partial charge on any atom is 0.335 e. The Kier molecular flexibility index (Phi) is 5.24. The van der Waals surface area contributed by atoms with E-state index in [-0.39, 0.29) is 11.6 Å². The molecule has 2 aromatic heterocycles. The molecule has 0 saturated heterocycles. The van der Waals surface area contributed by atoms with Gasteiger partial charge in [-0.1, -0.05) is 19.8 Å². The maximum absolute atomic E-state index is 11.2. The lowest BCUT2D eigenvalue weighted by atomic mass is 10.0. The summed E-state index contributed by atoms with van der Waals surface area (Å²) in [5.74, 6) is 1.36. The van der Waals surface area contributed by atoms with Gasteiger partial charge in [-0.05, 0) is 60.1 Å². The Morgan fingerprint density at radius 3 is 2.84 bits per heavy atom. The minimum absolute atomic E-state index is 0.121. The molecule has 1 aromatic carbocycles. The highest BCUT2D eigenvalue weighted by atomic mass is 127. The summed E-state index contributed by atoms with van der Waals surface area (Å²) in [5, 5.41) is 21.0. The Hall–Kier alpha value is -2.76. The minimum atomic E-state index is -0.947. The van der Waals surface area contributed by atoms with Gasteiger partial charge in [-0.25, -0.2) is 9.78 Å². The van der Waals surface area contributed by atoms with Crippen LogP contribution in [0, 0.1) is 3.57 Å². The zero-order valence-corrected chi connectivity index (χ0v) is 19.2. The second-order valence-corrected chi connectivity index (χ2v) is 9.02. The quantitative estimate of drug-likeness (QED) is 0.469. The Morgan fingerprint density at radius 1 is 1.32 bits per heavy atom. The van der Waals surface area contributed by atoms with Crippen molar-refractivity contribution in [1.82, 2.24) is 24.7 Å². The predicted molar refractivity (Wildman–Crippen MR) is 124 cm³/mol. The van der Waals surface area contributed by atoms with E-state index in [9.17, 15) is 9.90 Å². The molecule has 1 atom stereocenters. The van der Waals surface area contributed by atoms with E-state index in [1.807, 2.05) is 10.8 Å². The number of carboxylic acid groups (broad SMARTS) is 1. The fraction of sp³-hybridized carbons (Fsp3) is 0.381. The van der Waals surface area contributed by atoms with E-state index in [1.165, 1.54) is 12.8 Å². The number of benzene rings is 1. The predicted octanol–water partition coefficient (Wildman–Crippen LogP) is 4.32. The van der Waals surface area contributed by atoms with Crippen LogP contribution in [0.1, 0.15) is 61.3 Å². The van der Waals surface area contributed by atoms with Crippen LogP contribution in [0.2, 0.25) is 0 Å². The van der Waals surface area contributed by atoms with E-state index in [1.54, 1.807) is 24.5 Å². The van der Waals surface area contributed by atoms with Gasteiger partial charge in [0.2, 0.25) is 5.95 Å². The first-order chi connectivity index (χ1) is 15.1. The van der Waals surface area contributed by atoms with Gasteiger partial charge >= 0.3 is 5.97 Å². The smallest absolute Gasteiger partial charge is 0.335 e. The summed E-state index contributed by atoms with van der Waals surface area (Å²) in [7, 11) is 0. The number of aromatic carboxylic acids is 1. The second kappa shape index (κ2) is 8.06. The number of fused-ring (bicyclic) bond motifs is 3. The number of aromatic nitrogens is 5. The number of nitrogens with one attached hydrogen (secondary N) is 1. The SMILES string of the molecule is CC[C@@H]1c2nncn2-c2cnc(Nc3ccc(C(=O)O)cc3I)nc2N1C1CCCC1. The van der Waals surface area contributed by atoms with Gasteiger partial charge in [0.1, 0.15) is 12.0 Å². The van der Waals surface area contributed by atoms with E-state index in [0.29, 0.717) is 12.0 Å². The average molecular weight is 531 g/mol. The Labute approximate surface area is 193 Å². The summed E-state index contributed by atoms with van der Waals surface area (Å²) in [6.45, 7) is 2.17. The molecule has 3 aromatic rings. The van der Waals surface area contributed by atoms with Crippen molar-refractivity contribution in [3.63, 3.8) is 0 Å². The van der Waals surface area contributed by atoms with E-state index in [0.717, 1.165) is 45.8 Å². The normalized spacial score (nSPS) is 18.0. The fourth-order valence-electron chi connectivity index (χ4n) is 4.57. The second-order valence-electron chi connectivity index (χ2n) is 7.86. The zero-order chi connectivity index (χ0) is 21.5. The van der Waals surface area contributed by atoms with E-state index in [4.69, 9.17) is 4.98 Å². The van der Waals surface area contributed by atoms with Gasteiger partial charge in [-0.15, -0.1) is 10.2 Å². The number of hydrogen-bond acceptors (Lipinski definition) is 7. The van der Waals surface area contributed by atoms with Crippen molar-refractivity contribution in [1.29, 1.82) is 0 Å². The maximum atomic E-state index is 11.2. The molecule has 0 radical (unpaired) electrons. The van der Waals surface area contributed by atoms with Crippen LogP contribution in [0.4, 0.5) is 17.5 Å². The average Bonchev–Trinajstić information content (AvgIpc) is 3.46. The van der Waals surface area contributed by atoms with Crippen LogP contribution in [0.15, 0.2) is 30.7 Å². The third-order valence-corrected chi connectivity index (χ3v) is 6.92. The van der Waals surface area contributed by atoms with Crippen molar-refractivity contribution in [3.8, 4) is 5.69 Å². The number of carboxylic acids is 1. The summed E-state index contributed by atoms with van der Waals surface area (Å²) < 4.78 is 2.78. The number of halogens is 1. The van der Waals surface area contributed by atoms with Gasteiger partial charge in [-0.3, -0.25) is 4.57 Å². The van der Waals surface area contributed by atoms with Crippen LogP contribution in [-0.4, -0.2) is 41.9 Å². The standard InChI is InChI=1S/C21H22IN7O2/c1-2-16-19-27-24-11-28(19)17-10-23-21(26-18(17)29(16)13-5-3-4-6-13)25-15-8-7-12(20(30)31)9-14(15)22/h7-11,13,16H,2-6H2,1H3,(H,30,31)(H,23,25,26)/t16-/m1/s1. The Balaban J connectivity index is 1.55. The number of carbonyl (C=O) groups is 1.